The molecule has 0 aromatic heterocycles. The normalized spacial score (nSPS) is 19.6. The maximum absolute atomic E-state index is 12.3. The largest absolute Gasteiger partial charge is 0.343 e. The molecular formula is C15H29N3O2. The summed E-state index contributed by atoms with van der Waals surface area (Å²) >= 11 is 0. The van der Waals surface area contributed by atoms with E-state index in [2.05, 4.69) is 19.2 Å². The number of nitrogens with one attached hydrogen (secondary N) is 1. The standard InChI is InChI=1S/C15H29N3O2/c1-5-17(6-2)14(19)9-11-18-10-7-8-13(15(18)20)16-12(3)4/h12-13,16H,5-11H2,1-4H3. The van der Waals surface area contributed by atoms with Crippen molar-refractivity contribution in [2.24, 2.45) is 0 Å². The Bertz CT molecular complexity index is 327. The van der Waals surface area contributed by atoms with Crippen LogP contribution in [0.4, 0.5) is 0 Å². The molecule has 2 amide bonds. The summed E-state index contributed by atoms with van der Waals surface area (Å²) in [7, 11) is 0. The minimum atomic E-state index is -0.0766. The topological polar surface area (TPSA) is 52.7 Å². The van der Waals surface area contributed by atoms with E-state index in [4.69, 9.17) is 0 Å². The van der Waals surface area contributed by atoms with Crippen molar-refractivity contribution < 1.29 is 9.59 Å². The first-order valence-electron chi connectivity index (χ1n) is 7.82. The van der Waals surface area contributed by atoms with Crippen molar-refractivity contribution in [3.63, 3.8) is 0 Å². The zero-order chi connectivity index (χ0) is 15.1. The van der Waals surface area contributed by atoms with Gasteiger partial charge < -0.3 is 15.1 Å². The van der Waals surface area contributed by atoms with E-state index in [9.17, 15) is 9.59 Å². The lowest BCUT2D eigenvalue weighted by atomic mass is 10.0. The maximum atomic E-state index is 12.3. The van der Waals surface area contributed by atoms with Gasteiger partial charge >= 0.3 is 0 Å². The predicted molar refractivity (Wildman–Crippen MR) is 80.4 cm³/mol. The predicted octanol–water partition coefficient (Wildman–Crippen LogP) is 1.23. The molecule has 0 saturated carbocycles. The Kier molecular flexibility index (Phi) is 6.99. The molecule has 1 atom stereocenters. The summed E-state index contributed by atoms with van der Waals surface area (Å²) in [4.78, 5) is 28.0. The van der Waals surface area contributed by atoms with Crippen LogP contribution in [0.5, 0.6) is 0 Å². The molecule has 1 aliphatic rings. The Labute approximate surface area is 122 Å². The monoisotopic (exact) mass is 283 g/mol. The van der Waals surface area contributed by atoms with E-state index in [1.165, 1.54) is 0 Å². The lowest BCUT2D eigenvalue weighted by molar-refractivity contribution is -0.137. The van der Waals surface area contributed by atoms with Crippen molar-refractivity contribution in [3.05, 3.63) is 0 Å². The van der Waals surface area contributed by atoms with Crippen LogP contribution in [-0.4, -0.2) is 59.9 Å². The molecule has 1 unspecified atom stereocenters. The Morgan fingerprint density at radius 3 is 2.60 bits per heavy atom. The van der Waals surface area contributed by atoms with Crippen LogP contribution in [-0.2, 0) is 9.59 Å². The van der Waals surface area contributed by atoms with Gasteiger partial charge in [-0.1, -0.05) is 13.8 Å². The molecule has 20 heavy (non-hydrogen) atoms. The van der Waals surface area contributed by atoms with Crippen LogP contribution in [0.25, 0.3) is 0 Å². The van der Waals surface area contributed by atoms with Gasteiger partial charge in [0, 0.05) is 38.6 Å². The van der Waals surface area contributed by atoms with E-state index in [-0.39, 0.29) is 17.9 Å². The van der Waals surface area contributed by atoms with E-state index in [1.807, 2.05) is 23.6 Å². The number of nitrogens with zero attached hydrogens (tertiary/aromatic N) is 2. The van der Waals surface area contributed by atoms with Gasteiger partial charge in [-0.25, -0.2) is 0 Å². The number of carbonyl (C=O) groups is 2. The molecule has 116 valence electrons. The third kappa shape index (κ3) is 4.78. The zero-order valence-corrected chi connectivity index (χ0v) is 13.3. The summed E-state index contributed by atoms with van der Waals surface area (Å²) in [5.41, 5.74) is 0. The van der Waals surface area contributed by atoms with Gasteiger partial charge in [-0.05, 0) is 26.7 Å². The molecule has 1 N–H and O–H groups in total. The number of piperidine rings is 1. The summed E-state index contributed by atoms with van der Waals surface area (Å²) in [6, 6.07) is 0.230. The molecule has 0 spiro atoms. The molecule has 5 heteroatoms. The first-order chi connectivity index (χ1) is 9.49. The molecule has 1 aliphatic heterocycles. The van der Waals surface area contributed by atoms with Gasteiger partial charge in [-0.15, -0.1) is 0 Å². The van der Waals surface area contributed by atoms with Crippen LogP contribution in [0.3, 0.4) is 0 Å². The van der Waals surface area contributed by atoms with Crippen molar-refractivity contribution >= 4 is 11.8 Å². The minimum Gasteiger partial charge on any atom is -0.343 e. The molecule has 0 aromatic rings. The van der Waals surface area contributed by atoms with Crippen LogP contribution in [0.2, 0.25) is 0 Å². The average molecular weight is 283 g/mol. The van der Waals surface area contributed by atoms with E-state index in [0.29, 0.717) is 19.0 Å². The van der Waals surface area contributed by atoms with Gasteiger partial charge in [0.05, 0.1) is 6.04 Å². The number of rotatable bonds is 7. The number of amides is 2. The summed E-state index contributed by atoms with van der Waals surface area (Å²) in [5.74, 6) is 0.291. The molecule has 0 bridgehead atoms. The molecular weight excluding hydrogens is 254 g/mol. The SMILES string of the molecule is CCN(CC)C(=O)CCN1CCCC(NC(C)C)C1=O. The number of hydrogen-bond donors (Lipinski definition) is 1. The summed E-state index contributed by atoms with van der Waals surface area (Å²) < 4.78 is 0. The lowest BCUT2D eigenvalue weighted by Gasteiger charge is -2.34. The molecule has 0 radical (unpaired) electrons. The van der Waals surface area contributed by atoms with Gasteiger partial charge in [0.15, 0.2) is 0 Å². The first-order valence-corrected chi connectivity index (χ1v) is 7.82. The van der Waals surface area contributed by atoms with Gasteiger partial charge in [0.1, 0.15) is 0 Å². The molecule has 5 nitrogen and oxygen atoms in total. The molecule has 1 heterocycles. The highest BCUT2D eigenvalue weighted by atomic mass is 16.2. The third-order valence-electron chi connectivity index (χ3n) is 3.78. The maximum Gasteiger partial charge on any atom is 0.239 e. The average Bonchev–Trinajstić information content (AvgIpc) is 2.40. The van der Waals surface area contributed by atoms with E-state index in [1.54, 1.807) is 0 Å². The summed E-state index contributed by atoms with van der Waals surface area (Å²) in [6.45, 7) is 10.9. The molecule has 0 aromatic carbocycles. The Balaban J connectivity index is 2.46. The van der Waals surface area contributed by atoms with Gasteiger partial charge in [-0.3, -0.25) is 9.59 Å². The smallest absolute Gasteiger partial charge is 0.239 e. The number of likely N-dealkylation sites (tertiary alicyclic amines) is 1. The second-order valence-corrected chi connectivity index (χ2v) is 5.66. The highest BCUT2D eigenvalue weighted by molar-refractivity contribution is 5.83. The molecule has 1 fully saturated rings. The fraction of sp³-hybridized carbons (Fsp3) is 0.867. The molecule has 1 rings (SSSR count). The first kappa shape index (κ1) is 17.0. The fourth-order valence-electron chi connectivity index (χ4n) is 2.68. The van der Waals surface area contributed by atoms with E-state index < -0.39 is 0 Å². The van der Waals surface area contributed by atoms with Gasteiger partial charge in [0.25, 0.3) is 0 Å². The van der Waals surface area contributed by atoms with Crippen LogP contribution >= 0.6 is 0 Å². The minimum absolute atomic E-state index is 0.0766. The Morgan fingerprint density at radius 1 is 1.40 bits per heavy atom. The lowest BCUT2D eigenvalue weighted by Crippen LogP contribution is -2.53. The second kappa shape index (κ2) is 8.25. The Morgan fingerprint density at radius 2 is 2.05 bits per heavy atom. The second-order valence-electron chi connectivity index (χ2n) is 5.66. The summed E-state index contributed by atoms with van der Waals surface area (Å²) in [5, 5.41) is 3.31. The van der Waals surface area contributed by atoms with Crippen molar-refractivity contribution in [1.82, 2.24) is 15.1 Å². The van der Waals surface area contributed by atoms with E-state index >= 15 is 0 Å². The number of carbonyl (C=O) groups excluding carboxylic acids is 2. The highest BCUT2D eigenvalue weighted by Gasteiger charge is 2.29. The molecule has 1 saturated heterocycles. The zero-order valence-electron chi connectivity index (χ0n) is 13.3. The van der Waals surface area contributed by atoms with Crippen molar-refractivity contribution in [2.45, 2.75) is 59.0 Å². The quantitative estimate of drug-likeness (QED) is 0.764. The van der Waals surface area contributed by atoms with Crippen molar-refractivity contribution in [1.29, 1.82) is 0 Å². The Hall–Kier alpha value is -1.10. The van der Waals surface area contributed by atoms with Crippen LogP contribution in [0.15, 0.2) is 0 Å². The van der Waals surface area contributed by atoms with Crippen LogP contribution in [0, 0.1) is 0 Å². The molecule has 0 aliphatic carbocycles. The van der Waals surface area contributed by atoms with Crippen LogP contribution in [0.1, 0.15) is 47.0 Å². The van der Waals surface area contributed by atoms with Crippen LogP contribution < -0.4 is 5.32 Å². The summed E-state index contributed by atoms with van der Waals surface area (Å²) in [6.07, 6.45) is 2.34. The fourth-order valence-corrected chi connectivity index (χ4v) is 2.68. The third-order valence-corrected chi connectivity index (χ3v) is 3.78. The van der Waals surface area contributed by atoms with Gasteiger partial charge in [-0.2, -0.15) is 0 Å². The van der Waals surface area contributed by atoms with Crippen molar-refractivity contribution in [2.75, 3.05) is 26.2 Å². The van der Waals surface area contributed by atoms with Gasteiger partial charge in [0.2, 0.25) is 11.8 Å². The van der Waals surface area contributed by atoms with Crippen molar-refractivity contribution in [3.8, 4) is 0 Å². The van der Waals surface area contributed by atoms with E-state index in [0.717, 1.165) is 32.5 Å². The number of hydrogen-bond acceptors (Lipinski definition) is 3. The highest BCUT2D eigenvalue weighted by Crippen LogP contribution is 2.13.